The molecule has 2 heterocycles. The van der Waals surface area contributed by atoms with Gasteiger partial charge in [-0.1, -0.05) is 0 Å². The molecule has 0 aromatic rings. The lowest BCUT2D eigenvalue weighted by Crippen LogP contribution is -2.41. The van der Waals surface area contributed by atoms with Crippen LogP contribution < -0.4 is 16.0 Å². The third-order valence-electron chi connectivity index (χ3n) is 2.91. The lowest BCUT2D eigenvalue weighted by Gasteiger charge is -2.19. The summed E-state index contributed by atoms with van der Waals surface area (Å²) >= 11 is 5.81. The molecule has 0 aromatic carbocycles. The second kappa shape index (κ2) is 6.03. The van der Waals surface area contributed by atoms with E-state index in [9.17, 15) is 9.59 Å². The van der Waals surface area contributed by atoms with E-state index in [2.05, 4.69) is 25.7 Å². The zero-order valence-corrected chi connectivity index (χ0v) is 11.2. The van der Waals surface area contributed by atoms with E-state index in [0.29, 0.717) is 18.8 Å². The number of nitrogens with zero attached hydrogens (tertiary/aromatic N) is 1. The number of hydrogen-bond acceptors (Lipinski definition) is 6. The first-order valence-electron chi connectivity index (χ1n) is 5.90. The van der Waals surface area contributed by atoms with E-state index >= 15 is 0 Å². The number of nitrogens with one attached hydrogen (secondary N) is 3. The van der Waals surface area contributed by atoms with Crippen LogP contribution in [0.25, 0.3) is 0 Å². The SMILES string of the molecule is COC(=O)C1C=C(CNC2CCNC2=O)NC(Cl)=N1. The fourth-order valence-corrected chi connectivity index (χ4v) is 2.15. The summed E-state index contributed by atoms with van der Waals surface area (Å²) in [5.74, 6) is -0.489. The second-order valence-corrected chi connectivity index (χ2v) is 4.58. The maximum Gasteiger partial charge on any atom is 0.334 e. The Hall–Kier alpha value is -1.60. The van der Waals surface area contributed by atoms with Crippen molar-refractivity contribution in [1.29, 1.82) is 0 Å². The monoisotopic (exact) mass is 286 g/mol. The molecule has 7 nitrogen and oxygen atoms in total. The molecule has 0 spiro atoms. The Morgan fingerprint density at radius 2 is 2.47 bits per heavy atom. The molecule has 2 atom stereocenters. The summed E-state index contributed by atoms with van der Waals surface area (Å²) in [6, 6.07) is -0.954. The van der Waals surface area contributed by atoms with Crippen LogP contribution in [0, 0.1) is 0 Å². The minimum Gasteiger partial charge on any atom is -0.467 e. The van der Waals surface area contributed by atoms with Crippen molar-refractivity contribution in [2.45, 2.75) is 18.5 Å². The summed E-state index contributed by atoms with van der Waals surface area (Å²) in [5.41, 5.74) is 0.690. The van der Waals surface area contributed by atoms with Crippen LogP contribution in [0.5, 0.6) is 0 Å². The summed E-state index contributed by atoms with van der Waals surface area (Å²) < 4.78 is 4.62. The topological polar surface area (TPSA) is 91.8 Å². The van der Waals surface area contributed by atoms with Crippen LogP contribution in [0.1, 0.15) is 6.42 Å². The summed E-state index contributed by atoms with van der Waals surface area (Å²) in [6.45, 7) is 1.08. The van der Waals surface area contributed by atoms with E-state index in [0.717, 1.165) is 6.42 Å². The van der Waals surface area contributed by atoms with Gasteiger partial charge in [0.1, 0.15) is 0 Å². The maximum absolute atomic E-state index is 11.4. The number of halogens is 1. The van der Waals surface area contributed by atoms with Gasteiger partial charge in [0.2, 0.25) is 5.91 Å². The highest BCUT2D eigenvalue weighted by molar-refractivity contribution is 6.65. The molecule has 1 fully saturated rings. The van der Waals surface area contributed by atoms with Crippen LogP contribution in [-0.4, -0.2) is 49.5 Å². The Morgan fingerprint density at radius 3 is 3.11 bits per heavy atom. The molecule has 0 radical (unpaired) electrons. The van der Waals surface area contributed by atoms with Crippen LogP contribution in [-0.2, 0) is 14.3 Å². The lowest BCUT2D eigenvalue weighted by molar-refractivity contribution is -0.140. The smallest absolute Gasteiger partial charge is 0.334 e. The normalized spacial score (nSPS) is 26.1. The van der Waals surface area contributed by atoms with Gasteiger partial charge >= 0.3 is 5.97 Å². The Bertz CT molecular complexity index is 449. The molecule has 0 aromatic heterocycles. The summed E-state index contributed by atoms with van der Waals surface area (Å²) in [4.78, 5) is 26.7. The van der Waals surface area contributed by atoms with Gasteiger partial charge < -0.3 is 20.7 Å². The van der Waals surface area contributed by atoms with Crippen LogP contribution in [0.3, 0.4) is 0 Å². The van der Waals surface area contributed by atoms with Gasteiger partial charge in [0.15, 0.2) is 11.3 Å². The molecule has 1 amide bonds. The van der Waals surface area contributed by atoms with E-state index < -0.39 is 12.0 Å². The van der Waals surface area contributed by atoms with Crippen molar-refractivity contribution < 1.29 is 14.3 Å². The van der Waals surface area contributed by atoms with E-state index in [4.69, 9.17) is 11.6 Å². The molecule has 104 valence electrons. The highest BCUT2D eigenvalue weighted by Gasteiger charge is 2.25. The van der Waals surface area contributed by atoms with Crippen molar-refractivity contribution in [2.75, 3.05) is 20.2 Å². The fraction of sp³-hybridized carbons (Fsp3) is 0.545. The zero-order valence-electron chi connectivity index (χ0n) is 10.4. The molecule has 19 heavy (non-hydrogen) atoms. The number of ether oxygens (including phenoxy) is 1. The number of carbonyl (C=O) groups excluding carboxylic acids is 2. The number of amides is 1. The number of rotatable bonds is 4. The maximum atomic E-state index is 11.4. The molecular weight excluding hydrogens is 272 g/mol. The fourth-order valence-electron chi connectivity index (χ4n) is 1.92. The van der Waals surface area contributed by atoms with Crippen molar-refractivity contribution in [2.24, 2.45) is 4.99 Å². The molecule has 8 heteroatoms. The number of esters is 1. The van der Waals surface area contributed by atoms with Crippen LogP contribution in [0.4, 0.5) is 0 Å². The van der Waals surface area contributed by atoms with E-state index in [-0.39, 0.29) is 17.2 Å². The Labute approximate surface area is 115 Å². The predicted molar refractivity (Wildman–Crippen MR) is 69.7 cm³/mol. The lowest BCUT2D eigenvalue weighted by atomic mass is 10.2. The van der Waals surface area contributed by atoms with Gasteiger partial charge in [0.25, 0.3) is 0 Å². The molecule has 2 aliphatic rings. The molecular formula is C11H15ClN4O3. The molecule has 0 saturated carbocycles. The highest BCUT2D eigenvalue weighted by Crippen LogP contribution is 2.09. The van der Waals surface area contributed by atoms with Gasteiger partial charge in [0.05, 0.1) is 13.2 Å². The van der Waals surface area contributed by atoms with E-state index in [1.807, 2.05) is 0 Å². The second-order valence-electron chi connectivity index (χ2n) is 4.22. The van der Waals surface area contributed by atoms with E-state index in [1.54, 1.807) is 6.08 Å². The Balaban J connectivity index is 1.94. The molecule has 2 rings (SSSR count). The van der Waals surface area contributed by atoms with Crippen molar-refractivity contribution in [3.05, 3.63) is 11.8 Å². The molecule has 2 unspecified atom stereocenters. The minimum atomic E-state index is -0.743. The van der Waals surface area contributed by atoms with Gasteiger partial charge in [-0.05, 0) is 24.1 Å². The molecule has 1 saturated heterocycles. The first kappa shape index (κ1) is 13.8. The molecule has 0 bridgehead atoms. The van der Waals surface area contributed by atoms with Crippen molar-refractivity contribution in [1.82, 2.24) is 16.0 Å². The molecule has 3 N–H and O–H groups in total. The number of aliphatic imine (C=N–C) groups is 1. The first-order chi connectivity index (χ1) is 9.10. The molecule has 2 aliphatic heterocycles. The molecule has 0 aliphatic carbocycles. The third kappa shape index (κ3) is 3.45. The predicted octanol–water partition coefficient (Wildman–Crippen LogP) is -0.912. The van der Waals surface area contributed by atoms with Crippen molar-refractivity contribution in [3.8, 4) is 0 Å². The van der Waals surface area contributed by atoms with Gasteiger partial charge in [-0.2, -0.15) is 0 Å². The highest BCUT2D eigenvalue weighted by atomic mass is 35.5. The average molecular weight is 287 g/mol. The number of amidine groups is 1. The number of hydrogen-bond donors (Lipinski definition) is 3. The van der Waals surface area contributed by atoms with E-state index in [1.165, 1.54) is 7.11 Å². The number of methoxy groups -OCH3 is 1. The summed E-state index contributed by atoms with van der Waals surface area (Å²) in [7, 11) is 1.29. The van der Waals surface area contributed by atoms with Crippen LogP contribution >= 0.6 is 11.6 Å². The standard InChI is InChI=1S/C11H15ClN4O3/c1-19-10(18)8-4-6(15-11(12)16-8)5-14-7-2-3-13-9(7)17/h4,7-8,14H,2-3,5H2,1H3,(H,13,17)(H,15,16). The number of carbonyl (C=O) groups is 2. The largest absolute Gasteiger partial charge is 0.467 e. The average Bonchev–Trinajstić information content (AvgIpc) is 2.80. The third-order valence-corrected chi connectivity index (χ3v) is 3.10. The summed E-state index contributed by atoms with van der Waals surface area (Å²) in [6.07, 6.45) is 2.37. The van der Waals surface area contributed by atoms with Gasteiger partial charge in [-0.15, -0.1) is 0 Å². The zero-order chi connectivity index (χ0) is 13.8. The Kier molecular flexibility index (Phi) is 4.39. The van der Waals surface area contributed by atoms with Gasteiger partial charge in [-0.3, -0.25) is 4.79 Å². The Morgan fingerprint density at radius 1 is 1.68 bits per heavy atom. The van der Waals surface area contributed by atoms with Crippen molar-refractivity contribution >= 4 is 28.8 Å². The van der Waals surface area contributed by atoms with Crippen molar-refractivity contribution in [3.63, 3.8) is 0 Å². The quantitative estimate of drug-likeness (QED) is 0.460. The van der Waals surface area contributed by atoms with Gasteiger partial charge in [-0.25, -0.2) is 9.79 Å². The van der Waals surface area contributed by atoms with Crippen LogP contribution in [0.2, 0.25) is 0 Å². The minimum absolute atomic E-state index is 0.0132. The van der Waals surface area contributed by atoms with Crippen LogP contribution in [0.15, 0.2) is 16.8 Å². The first-order valence-corrected chi connectivity index (χ1v) is 6.28. The summed E-state index contributed by atoms with van der Waals surface area (Å²) in [5, 5.41) is 8.80. The van der Waals surface area contributed by atoms with Gasteiger partial charge in [0, 0.05) is 18.8 Å².